The molecule has 76 valence electrons. The first-order valence-corrected chi connectivity index (χ1v) is 4.72. The van der Waals surface area contributed by atoms with Crippen LogP contribution in [0.5, 0.6) is 0 Å². The summed E-state index contributed by atoms with van der Waals surface area (Å²) in [7, 11) is 4.03. The summed E-state index contributed by atoms with van der Waals surface area (Å²) in [5.74, 6) is 0.658. The molecule has 0 unspecified atom stereocenters. The van der Waals surface area contributed by atoms with Crippen molar-refractivity contribution in [2.75, 3.05) is 20.6 Å². The average Bonchev–Trinajstić information content (AvgIpc) is 1.98. The summed E-state index contributed by atoms with van der Waals surface area (Å²) in [4.78, 5) is 2.07. The quantitative estimate of drug-likeness (QED) is 0.659. The summed E-state index contributed by atoms with van der Waals surface area (Å²) in [6, 6.07) is 0. The van der Waals surface area contributed by atoms with Crippen LogP contribution in [0.15, 0.2) is 23.9 Å². The molecule has 0 radical (unpaired) electrons. The minimum Gasteiger partial charge on any atom is -0.399 e. The highest BCUT2D eigenvalue weighted by Crippen LogP contribution is 2.07. The Balaban J connectivity index is 4.01. The number of likely N-dealkylation sites (N-methyl/N-ethyl adjacent to an activating group) is 1. The first-order valence-electron chi connectivity index (χ1n) is 4.72. The maximum Gasteiger partial charge on any atom is 0.0313 e. The van der Waals surface area contributed by atoms with Crippen molar-refractivity contribution >= 4 is 0 Å². The van der Waals surface area contributed by atoms with Crippen LogP contribution in [0.2, 0.25) is 0 Å². The number of nitrogens with zero attached hydrogens (tertiary/aromatic N) is 1. The molecule has 0 aliphatic heterocycles. The Morgan fingerprint density at radius 2 is 2.00 bits per heavy atom. The minimum atomic E-state index is 0.658. The van der Waals surface area contributed by atoms with E-state index >= 15 is 0 Å². The van der Waals surface area contributed by atoms with Crippen LogP contribution in [0.4, 0.5) is 0 Å². The largest absolute Gasteiger partial charge is 0.399 e. The van der Waals surface area contributed by atoms with Crippen molar-refractivity contribution in [3.63, 3.8) is 0 Å². The minimum absolute atomic E-state index is 0.658. The fraction of sp³-hybridized carbons (Fsp3) is 0.636. The maximum atomic E-state index is 5.85. The summed E-state index contributed by atoms with van der Waals surface area (Å²) in [5, 5.41) is 0. The fourth-order valence-electron chi connectivity index (χ4n) is 0.980. The molecule has 0 aromatic rings. The Bertz CT molecular complexity index is 190. The molecule has 0 aromatic heterocycles. The van der Waals surface area contributed by atoms with E-state index in [0.29, 0.717) is 5.92 Å². The first-order chi connectivity index (χ1) is 5.93. The topological polar surface area (TPSA) is 29.3 Å². The second kappa shape index (κ2) is 5.81. The molecule has 0 spiro atoms. The van der Waals surface area contributed by atoms with Gasteiger partial charge in [0, 0.05) is 12.2 Å². The Kier molecular flexibility index (Phi) is 5.47. The summed E-state index contributed by atoms with van der Waals surface area (Å²) in [6.07, 6.45) is 3.09. The Morgan fingerprint density at radius 1 is 1.46 bits per heavy atom. The van der Waals surface area contributed by atoms with Gasteiger partial charge >= 0.3 is 0 Å². The molecule has 0 saturated heterocycles. The van der Waals surface area contributed by atoms with Crippen LogP contribution in [0.3, 0.4) is 0 Å². The predicted molar refractivity (Wildman–Crippen MR) is 59.4 cm³/mol. The second-order valence-electron chi connectivity index (χ2n) is 4.13. The van der Waals surface area contributed by atoms with Crippen LogP contribution >= 0.6 is 0 Å². The SMILES string of the molecule is C=C(CN(C)C)/C(N)=C\CC(C)C. The molecule has 0 bridgehead atoms. The van der Waals surface area contributed by atoms with E-state index in [9.17, 15) is 0 Å². The van der Waals surface area contributed by atoms with Crippen molar-refractivity contribution in [2.45, 2.75) is 20.3 Å². The van der Waals surface area contributed by atoms with Crippen LogP contribution in [0.25, 0.3) is 0 Å². The third-order valence-electron chi connectivity index (χ3n) is 1.72. The van der Waals surface area contributed by atoms with Gasteiger partial charge in [0.25, 0.3) is 0 Å². The van der Waals surface area contributed by atoms with Crippen molar-refractivity contribution in [1.82, 2.24) is 4.90 Å². The van der Waals surface area contributed by atoms with Crippen molar-refractivity contribution < 1.29 is 0 Å². The van der Waals surface area contributed by atoms with E-state index in [-0.39, 0.29) is 0 Å². The van der Waals surface area contributed by atoms with Crippen molar-refractivity contribution in [3.8, 4) is 0 Å². The van der Waals surface area contributed by atoms with E-state index in [1.165, 1.54) is 0 Å². The molecule has 13 heavy (non-hydrogen) atoms. The third kappa shape index (κ3) is 6.41. The molecule has 0 fully saturated rings. The molecular weight excluding hydrogens is 160 g/mol. The van der Waals surface area contributed by atoms with Crippen LogP contribution in [-0.2, 0) is 0 Å². The predicted octanol–water partition coefficient (Wildman–Crippen LogP) is 1.99. The highest BCUT2D eigenvalue weighted by atomic mass is 15.1. The van der Waals surface area contributed by atoms with Crippen LogP contribution in [0.1, 0.15) is 20.3 Å². The zero-order chi connectivity index (χ0) is 10.4. The Hall–Kier alpha value is -0.760. The molecule has 0 saturated carbocycles. The smallest absolute Gasteiger partial charge is 0.0313 e. The van der Waals surface area contributed by atoms with E-state index in [0.717, 1.165) is 24.2 Å². The lowest BCUT2D eigenvalue weighted by Gasteiger charge is -2.12. The lowest BCUT2D eigenvalue weighted by Crippen LogP contribution is -2.18. The molecule has 0 heterocycles. The van der Waals surface area contributed by atoms with Gasteiger partial charge in [-0.2, -0.15) is 0 Å². The van der Waals surface area contributed by atoms with E-state index in [2.05, 4.69) is 31.4 Å². The van der Waals surface area contributed by atoms with Crippen LogP contribution in [-0.4, -0.2) is 25.5 Å². The van der Waals surface area contributed by atoms with Gasteiger partial charge in [0.2, 0.25) is 0 Å². The Morgan fingerprint density at radius 3 is 2.38 bits per heavy atom. The van der Waals surface area contributed by atoms with Gasteiger partial charge < -0.3 is 10.6 Å². The zero-order valence-corrected chi connectivity index (χ0v) is 9.30. The lowest BCUT2D eigenvalue weighted by molar-refractivity contribution is 0.447. The number of nitrogens with two attached hydrogens (primary N) is 1. The second-order valence-corrected chi connectivity index (χ2v) is 4.13. The summed E-state index contributed by atoms with van der Waals surface area (Å²) < 4.78 is 0. The maximum absolute atomic E-state index is 5.85. The molecule has 2 N–H and O–H groups in total. The van der Waals surface area contributed by atoms with Crippen molar-refractivity contribution in [1.29, 1.82) is 0 Å². The van der Waals surface area contributed by atoms with Gasteiger partial charge in [0.15, 0.2) is 0 Å². The zero-order valence-electron chi connectivity index (χ0n) is 9.30. The number of hydrogen-bond acceptors (Lipinski definition) is 2. The van der Waals surface area contributed by atoms with E-state index < -0.39 is 0 Å². The molecular formula is C11H22N2. The molecule has 0 aliphatic carbocycles. The first kappa shape index (κ1) is 12.2. The van der Waals surface area contributed by atoms with E-state index in [1.807, 2.05) is 14.1 Å². The standard InChI is InChI=1S/C11H22N2/c1-9(2)6-7-11(12)10(3)8-13(4)5/h7,9H,3,6,8,12H2,1-2,4-5H3/b11-7+. The van der Waals surface area contributed by atoms with Gasteiger partial charge in [0.05, 0.1) is 0 Å². The molecule has 0 aliphatic rings. The molecule has 0 amide bonds. The Labute approximate surface area is 82.1 Å². The normalized spacial score (nSPS) is 12.6. The fourth-order valence-corrected chi connectivity index (χ4v) is 0.980. The van der Waals surface area contributed by atoms with Gasteiger partial charge in [-0.1, -0.05) is 26.5 Å². The van der Waals surface area contributed by atoms with Crippen LogP contribution in [0, 0.1) is 5.92 Å². The van der Waals surface area contributed by atoms with Gasteiger partial charge in [-0.05, 0) is 32.0 Å². The number of rotatable bonds is 5. The molecule has 2 heteroatoms. The summed E-state index contributed by atoms with van der Waals surface area (Å²) in [5.41, 5.74) is 7.69. The third-order valence-corrected chi connectivity index (χ3v) is 1.72. The highest BCUT2D eigenvalue weighted by molar-refractivity contribution is 5.26. The van der Waals surface area contributed by atoms with Crippen LogP contribution < -0.4 is 5.73 Å². The highest BCUT2D eigenvalue weighted by Gasteiger charge is 1.99. The molecule has 0 atom stereocenters. The van der Waals surface area contributed by atoms with Gasteiger partial charge in [-0.15, -0.1) is 0 Å². The molecule has 0 rings (SSSR count). The molecule has 0 aromatic carbocycles. The van der Waals surface area contributed by atoms with Crippen molar-refractivity contribution in [2.24, 2.45) is 11.7 Å². The number of hydrogen-bond donors (Lipinski definition) is 1. The number of allylic oxidation sites excluding steroid dienone is 1. The summed E-state index contributed by atoms with van der Waals surface area (Å²) >= 11 is 0. The summed E-state index contributed by atoms with van der Waals surface area (Å²) in [6.45, 7) is 9.13. The van der Waals surface area contributed by atoms with E-state index in [1.54, 1.807) is 0 Å². The van der Waals surface area contributed by atoms with Gasteiger partial charge in [0.1, 0.15) is 0 Å². The van der Waals surface area contributed by atoms with Gasteiger partial charge in [-0.3, -0.25) is 0 Å². The lowest BCUT2D eigenvalue weighted by atomic mass is 10.1. The van der Waals surface area contributed by atoms with Gasteiger partial charge in [-0.25, -0.2) is 0 Å². The van der Waals surface area contributed by atoms with E-state index in [4.69, 9.17) is 5.73 Å². The molecule has 2 nitrogen and oxygen atoms in total. The monoisotopic (exact) mass is 182 g/mol. The average molecular weight is 182 g/mol. The van der Waals surface area contributed by atoms with Crippen molar-refractivity contribution in [3.05, 3.63) is 23.9 Å².